The normalized spacial score (nSPS) is 10.9. The molecule has 0 unspecified atom stereocenters. The van der Waals surface area contributed by atoms with Gasteiger partial charge in [-0.15, -0.1) is 0 Å². The zero-order valence-electron chi connectivity index (χ0n) is 15.6. The third-order valence-corrected chi connectivity index (χ3v) is 5.22. The fourth-order valence-corrected chi connectivity index (χ4v) is 3.81. The van der Waals surface area contributed by atoms with Crippen molar-refractivity contribution in [1.82, 2.24) is 9.97 Å². The van der Waals surface area contributed by atoms with E-state index in [-0.39, 0.29) is 12.3 Å². The van der Waals surface area contributed by atoms with E-state index in [4.69, 9.17) is 9.15 Å². The lowest BCUT2D eigenvalue weighted by atomic mass is 10.1. The van der Waals surface area contributed by atoms with Crippen LogP contribution < -0.4 is 10.1 Å². The van der Waals surface area contributed by atoms with Gasteiger partial charge in [-0.25, -0.2) is 9.97 Å². The number of oxazole rings is 1. The second-order valence-electron chi connectivity index (χ2n) is 6.29. The van der Waals surface area contributed by atoms with Gasteiger partial charge >= 0.3 is 0 Å². The highest BCUT2D eigenvalue weighted by Gasteiger charge is 2.14. The zero-order chi connectivity index (χ0) is 19.5. The maximum absolute atomic E-state index is 12.3. The van der Waals surface area contributed by atoms with Crippen LogP contribution in [0.1, 0.15) is 18.0 Å². The molecular formula is C21H19N3O3S. The van der Waals surface area contributed by atoms with E-state index < -0.39 is 0 Å². The summed E-state index contributed by atoms with van der Waals surface area (Å²) in [4.78, 5) is 21.2. The van der Waals surface area contributed by atoms with E-state index >= 15 is 0 Å². The van der Waals surface area contributed by atoms with Crippen molar-refractivity contribution in [1.29, 1.82) is 0 Å². The lowest BCUT2D eigenvalue weighted by Crippen LogP contribution is -2.12. The van der Waals surface area contributed by atoms with Crippen LogP contribution in [0.25, 0.3) is 21.5 Å². The number of hydrogen-bond donors (Lipinski definition) is 1. The largest absolute Gasteiger partial charge is 0.497 e. The third-order valence-electron chi connectivity index (χ3n) is 4.28. The average Bonchev–Trinajstić information content (AvgIpc) is 3.28. The van der Waals surface area contributed by atoms with Crippen LogP contribution in [-0.4, -0.2) is 23.0 Å². The van der Waals surface area contributed by atoms with E-state index in [1.54, 1.807) is 7.11 Å². The lowest BCUT2D eigenvalue weighted by molar-refractivity contribution is -0.116. The quantitative estimate of drug-likeness (QED) is 0.507. The standard InChI is InChI=1S/C21H19N3O3S/c1-13-20(14-6-4-3-5-7-14)27-19(22-13)11-10-18(25)24-21-23-16-9-8-15(26-2)12-17(16)28-21/h3-9,12H,10-11H2,1-2H3,(H,23,24,25). The number of aryl methyl sites for hydroxylation is 2. The molecule has 28 heavy (non-hydrogen) atoms. The molecule has 1 amide bonds. The van der Waals surface area contributed by atoms with Crippen LogP contribution >= 0.6 is 11.3 Å². The summed E-state index contributed by atoms with van der Waals surface area (Å²) in [7, 11) is 1.62. The fourth-order valence-electron chi connectivity index (χ4n) is 2.90. The van der Waals surface area contributed by atoms with Crippen molar-refractivity contribution in [3.63, 3.8) is 0 Å². The molecule has 0 bridgehead atoms. The number of carbonyl (C=O) groups excluding carboxylic acids is 1. The monoisotopic (exact) mass is 393 g/mol. The predicted octanol–water partition coefficient (Wildman–Crippen LogP) is 4.84. The van der Waals surface area contributed by atoms with Gasteiger partial charge in [0.1, 0.15) is 5.75 Å². The van der Waals surface area contributed by atoms with Crippen LogP contribution in [0.15, 0.2) is 52.9 Å². The van der Waals surface area contributed by atoms with Gasteiger partial charge in [0, 0.05) is 18.4 Å². The van der Waals surface area contributed by atoms with Gasteiger partial charge in [0.15, 0.2) is 16.8 Å². The Morgan fingerprint density at radius 3 is 2.79 bits per heavy atom. The molecule has 0 atom stereocenters. The number of nitrogens with zero attached hydrogens (tertiary/aromatic N) is 2. The molecule has 7 heteroatoms. The number of hydrogen-bond acceptors (Lipinski definition) is 6. The van der Waals surface area contributed by atoms with Gasteiger partial charge in [0.05, 0.1) is 23.0 Å². The summed E-state index contributed by atoms with van der Waals surface area (Å²) in [5.74, 6) is 1.95. The number of thiazole rings is 1. The van der Waals surface area contributed by atoms with E-state index in [0.29, 0.717) is 17.4 Å². The molecule has 2 aromatic carbocycles. The van der Waals surface area contributed by atoms with Crippen LogP contribution in [0.3, 0.4) is 0 Å². The minimum Gasteiger partial charge on any atom is -0.497 e. The molecule has 4 rings (SSSR count). The minimum absolute atomic E-state index is 0.122. The van der Waals surface area contributed by atoms with Gasteiger partial charge in [0.25, 0.3) is 0 Å². The Bertz CT molecular complexity index is 1120. The number of ether oxygens (including phenoxy) is 1. The van der Waals surface area contributed by atoms with Crippen LogP contribution in [0.5, 0.6) is 5.75 Å². The second kappa shape index (κ2) is 7.82. The van der Waals surface area contributed by atoms with Gasteiger partial charge < -0.3 is 14.5 Å². The summed E-state index contributed by atoms with van der Waals surface area (Å²) in [6.45, 7) is 1.91. The minimum atomic E-state index is -0.122. The molecule has 2 heterocycles. The Morgan fingerprint density at radius 2 is 2.00 bits per heavy atom. The topological polar surface area (TPSA) is 77.2 Å². The van der Waals surface area contributed by atoms with Gasteiger partial charge in [-0.1, -0.05) is 41.7 Å². The second-order valence-corrected chi connectivity index (χ2v) is 7.32. The number of benzene rings is 2. The Labute approximate surface area is 166 Å². The number of rotatable bonds is 6. The molecule has 1 N–H and O–H groups in total. The molecule has 4 aromatic rings. The molecule has 0 aliphatic heterocycles. The molecule has 0 fully saturated rings. The molecule has 0 aliphatic rings. The SMILES string of the molecule is COc1ccc2nc(NC(=O)CCc3nc(C)c(-c4ccccc4)o3)sc2c1. The molecular weight excluding hydrogens is 374 g/mol. The predicted molar refractivity (Wildman–Crippen MR) is 110 cm³/mol. The lowest BCUT2D eigenvalue weighted by Gasteiger charge is -1.99. The molecule has 2 aromatic heterocycles. The van der Waals surface area contributed by atoms with Crippen molar-refractivity contribution in [2.24, 2.45) is 0 Å². The summed E-state index contributed by atoms with van der Waals surface area (Å²) < 4.78 is 12.0. The summed E-state index contributed by atoms with van der Waals surface area (Å²) in [6.07, 6.45) is 0.700. The average molecular weight is 393 g/mol. The number of aromatic nitrogens is 2. The van der Waals surface area contributed by atoms with Gasteiger partial charge in [-0.3, -0.25) is 4.79 Å². The number of fused-ring (bicyclic) bond motifs is 1. The Balaban J connectivity index is 1.40. The highest BCUT2D eigenvalue weighted by molar-refractivity contribution is 7.22. The third kappa shape index (κ3) is 3.89. The van der Waals surface area contributed by atoms with E-state index in [9.17, 15) is 4.79 Å². The molecule has 0 aliphatic carbocycles. The number of anilines is 1. The van der Waals surface area contributed by atoms with Gasteiger partial charge in [-0.05, 0) is 25.1 Å². The van der Waals surface area contributed by atoms with Crippen molar-refractivity contribution < 1.29 is 13.9 Å². The molecule has 0 saturated heterocycles. The number of nitrogens with one attached hydrogen (secondary N) is 1. The molecule has 142 valence electrons. The Hall–Kier alpha value is -3.19. The first-order chi connectivity index (χ1) is 13.6. The number of amides is 1. The van der Waals surface area contributed by atoms with Crippen molar-refractivity contribution in [2.45, 2.75) is 19.8 Å². The Morgan fingerprint density at radius 1 is 1.18 bits per heavy atom. The smallest absolute Gasteiger partial charge is 0.226 e. The summed E-state index contributed by atoms with van der Waals surface area (Å²) in [6, 6.07) is 15.5. The van der Waals surface area contributed by atoms with Crippen LogP contribution in [0.4, 0.5) is 5.13 Å². The van der Waals surface area contributed by atoms with Crippen LogP contribution in [0.2, 0.25) is 0 Å². The van der Waals surface area contributed by atoms with Crippen molar-refractivity contribution in [3.05, 3.63) is 60.1 Å². The highest BCUT2D eigenvalue weighted by atomic mass is 32.1. The molecule has 6 nitrogen and oxygen atoms in total. The first-order valence-corrected chi connectivity index (χ1v) is 9.70. The van der Waals surface area contributed by atoms with E-state index in [2.05, 4.69) is 15.3 Å². The maximum Gasteiger partial charge on any atom is 0.226 e. The van der Waals surface area contributed by atoms with Crippen LogP contribution in [0, 0.1) is 6.92 Å². The van der Waals surface area contributed by atoms with Gasteiger partial charge in [0.2, 0.25) is 5.91 Å². The molecule has 0 saturated carbocycles. The summed E-state index contributed by atoms with van der Waals surface area (Å²) in [5, 5.41) is 3.42. The van der Waals surface area contributed by atoms with E-state index in [0.717, 1.165) is 33.0 Å². The first kappa shape index (κ1) is 18.2. The highest BCUT2D eigenvalue weighted by Crippen LogP contribution is 2.29. The van der Waals surface area contributed by atoms with E-state index in [1.165, 1.54) is 11.3 Å². The van der Waals surface area contributed by atoms with Crippen molar-refractivity contribution >= 4 is 32.6 Å². The number of methoxy groups -OCH3 is 1. The fraction of sp³-hybridized carbons (Fsp3) is 0.190. The zero-order valence-corrected chi connectivity index (χ0v) is 16.4. The number of carbonyl (C=O) groups is 1. The first-order valence-electron chi connectivity index (χ1n) is 8.88. The Kier molecular flexibility index (Phi) is 5.08. The summed E-state index contributed by atoms with van der Waals surface area (Å²) in [5.41, 5.74) is 2.63. The maximum atomic E-state index is 12.3. The van der Waals surface area contributed by atoms with Crippen molar-refractivity contribution in [3.8, 4) is 17.1 Å². The van der Waals surface area contributed by atoms with E-state index in [1.807, 2.05) is 55.5 Å². The molecule has 0 spiro atoms. The molecule has 0 radical (unpaired) electrons. The van der Waals surface area contributed by atoms with Crippen LogP contribution in [-0.2, 0) is 11.2 Å². The van der Waals surface area contributed by atoms with Crippen molar-refractivity contribution in [2.75, 3.05) is 12.4 Å². The summed E-state index contributed by atoms with van der Waals surface area (Å²) >= 11 is 1.42. The van der Waals surface area contributed by atoms with Gasteiger partial charge in [-0.2, -0.15) is 0 Å².